The molecule has 0 saturated carbocycles. The Bertz CT molecular complexity index is 673. The lowest BCUT2D eigenvalue weighted by atomic mass is 9.93. The first-order chi connectivity index (χ1) is 10.3. The zero-order chi connectivity index (χ0) is 16.4. The number of hydrogen-bond donors (Lipinski definition) is 3. The van der Waals surface area contributed by atoms with E-state index in [-0.39, 0.29) is 17.6 Å². The molecular weight excluding hydrogens is 415 g/mol. The van der Waals surface area contributed by atoms with Crippen molar-refractivity contribution >= 4 is 45.7 Å². The molecule has 1 aliphatic heterocycles. The van der Waals surface area contributed by atoms with Crippen molar-refractivity contribution < 1.29 is 14.6 Å². The zero-order valence-corrected chi connectivity index (χ0v) is 15.5. The summed E-state index contributed by atoms with van der Waals surface area (Å²) in [6.45, 7) is 5.64. The molecule has 3 N–H and O–H groups in total. The molecule has 22 heavy (non-hydrogen) atoms. The van der Waals surface area contributed by atoms with E-state index in [1.54, 1.807) is 6.07 Å². The van der Waals surface area contributed by atoms with E-state index in [0.717, 1.165) is 11.3 Å². The Morgan fingerprint density at radius 1 is 1.50 bits per heavy atom. The Hall–Kier alpha value is -1.35. The maximum absolute atomic E-state index is 12.0. The number of allylic oxidation sites excluding steroid dienone is 1. The third-order valence-electron chi connectivity index (χ3n) is 3.33. The van der Waals surface area contributed by atoms with Crippen molar-refractivity contribution in [1.29, 1.82) is 0 Å². The van der Waals surface area contributed by atoms with Gasteiger partial charge in [0.05, 0.1) is 16.2 Å². The zero-order valence-electron chi connectivity index (χ0n) is 12.5. The molecule has 5 nitrogen and oxygen atoms in total. The van der Waals surface area contributed by atoms with Crippen LogP contribution in [0.2, 0.25) is 0 Å². The van der Waals surface area contributed by atoms with Crippen molar-refractivity contribution in [2.24, 2.45) is 0 Å². The first-order valence-corrected chi connectivity index (χ1v) is 8.28. The van der Waals surface area contributed by atoms with E-state index in [2.05, 4.69) is 10.6 Å². The van der Waals surface area contributed by atoms with Gasteiger partial charge in [-0.25, -0.2) is 0 Å². The van der Waals surface area contributed by atoms with Gasteiger partial charge >= 0.3 is 0 Å². The molecule has 0 spiro atoms. The standard InChI is InChI=1S/C15H17IN2O3S/c1-4-21-11-6-9(5-10(16)14(11)20)13-12(8(3)19)7(2)17-15(22)18-13/h5-6,13,20H,4H2,1-3H3,(H2,17,18,22). The van der Waals surface area contributed by atoms with E-state index >= 15 is 0 Å². The Morgan fingerprint density at radius 3 is 2.77 bits per heavy atom. The van der Waals surface area contributed by atoms with Gasteiger partial charge in [0, 0.05) is 11.3 Å². The first-order valence-electron chi connectivity index (χ1n) is 6.79. The number of carbonyl (C=O) groups excluding carboxylic acids is 1. The van der Waals surface area contributed by atoms with E-state index in [1.165, 1.54) is 6.92 Å². The Morgan fingerprint density at radius 2 is 2.18 bits per heavy atom. The second kappa shape index (κ2) is 6.82. The highest BCUT2D eigenvalue weighted by atomic mass is 127. The van der Waals surface area contributed by atoms with Gasteiger partial charge in [-0.15, -0.1) is 0 Å². The average molecular weight is 432 g/mol. The van der Waals surface area contributed by atoms with Crippen LogP contribution >= 0.6 is 34.8 Å². The van der Waals surface area contributed by atoms with Gasteiger partial charge in [0.1, 0.15) is 0 Å². The summed E-state index contributed by atoms with van der Waals surface area (Å²) in [6, 6.07) is 3.20. The van der Waals surface area contributed by atoms with Crippen molar-refractivity contribution in [3.05, 3.63) is 32.5 Å². The number of Topliss-reactive ketones (excluding diaryl/α,β-unsaturated/α-hetero) is 1. The summed E-state index contributed by atoms with van der Waals surface area (Å²) in [4.78, 5) is 12.0. The molecule has 1 aliphatic rings. The SMILES string of the molecule is CCOc1cc(C2NC(=S)NC(C)=C2C(C)=O)cc(I)c1O. The number of thiocarbonyl (C=S) groups is 1. The second-order valence-corrected chi connectivity index (χ2v) is 6.48. The maximum atomic E-state index is 12.0. The maximum Gasteiger partial charge on any atom is 0.171 e. The van der Waals surface area contributed by atoms with Crippen LogP contribution in [0.1, 0.15) is 32.4 Å². The molecule has 7 heteroatoms. The van der Waals surface area contributed by atoms with Crippen molar-refractivity contribution in [3.8, 4) is 11.5 Å². The molecule has 0 saturated heterocycles. The summed E-state index contributed by atoms with van der Waals surface area (Å²) in [5.74, 6) is 0.468. The van der Waals surface area contributed by atoms with E-state index in [9.17, 15) is 9.90 Å². The lowest BCUT2D eigenvalue weighted by Crippen LogP contribution is -2.44. The first kappa shape index (κ1) is 17.0. The summed E-state index contributed by atoms with van der Waals surface area (Å²) < 4.78 is 6.12. The topological polar surface area (TPSA) is 70.6 Å². The molecule has 1 atom stereocenters. The number of hydrogen-bond acceptors (Lipinski definition) is 4. The number of rotatable bonds is 4. The summed E-state index contributed by atoms with van der Waals surface area (Å²) in [7, 11) is 0. The van der Waals surface area contributed by atoms with E-state index in [0.29, 0.717) is 26.6 Å². The van der Waals surface area contributed by atoms with Crippen molar-refractivity contribution in [2.45, 2.75) is 26.8 Å². The fourth-order valence-electron chi connectivity index (χ4n) is 2.44. The number of benzene rings is 1. The van der Waals surface area contributed by atoms with Gasteiger partial charge in [0.15, 0.2) is 22.4 Å². The largest absolute Gasteiger partial charge is 0.504 e. The summed E-state index contributed by atoms with van der Waals surface area (Å²) in [5.41, 5.74) is 2.18. The van der Waals surface area contributed by atoms with Gasteiger partial charge in [-0.3, -0.25) is 4.79 Å². The second-order valence-electron chi connectivity index (χ2n) is 4.91. The Kier molecular flexibility index (Phi) is 5.28. The molecule has 0 radical (unpaired) electrons. The number of ether oxygens (including phenoxy) is 1. The van der Waals surface area contributed by atoms with Crippen LogP contribution in [-0.4, -0.2) is 22.6 Å². The number of carbonyl (C=O) groups is 1. The van der Waals surface area contributed by atoms with Crippen molar-refractivity contribution in [2.75, 3.05) is 6.61 Å². The molecular formula is C15H17IN2O3S. The third-order valence-corrected chi connectivity index (χ3v) is 4.37. The normalized spacial score (nSPS) is 17.8. The molecule has 1 unspecified atom stereocenters. The molecule has 1 heterocycles. The molecule has 2 rings (SSSR count). The number of halogens is 1. The lowest BCUT2D eigenvalue weighted by Gasteiger charge is -2.30. The van der Waals surface area contributed by atoms with E-state index in [4.69, 9.17) is 17.0 Å². The van der Waals surface area contributed by atoms with Crippen LogP contribution in [0.5, 0.6) is 11.5 Å². The van der Waals surface area contributed by atoms with Crippen LogP contribution in [0, 0.1) is 3.57 Å². The summed E-state index contributed by atoms with van der Waals surface area (Å²) in [5, 5.41) is 16.6. The minimum absolute atomic E-state index is 0.0361. The molecule has 0 amide bonds. The van der Waals surface area contributed by atoms with Gasteiger partial charge in [-0.2, -0.15) is 0 Å². The highest BCUT2D eigenvalue weighted by Gasteiger charge is 2.28. The predicted molar refractivity (Wildman–Crippen MR) is 97.0 cm³/mol. The summed E-state index contributed by atoms with van der Waals surface area (Å²) >= 11 is 7.23. The van der Waals surface area contributed by atoms with E-state index < -0.39 is 0 Å². The van der Waals surface area contributed by atoms with Crippen LogP contribution in [0.4, 0.5) is 0 Å². The van der Waals surface area contributed by atoms with Crippen molar-refractivity contribution in [1.82, 2.24) is 10.6 Å². The number of aromatic hydroxyl groups is 1. The van der Waals surface area contributed by atoms with Gasteiger partial charge in [0.25, 0.3) is 0 Å². The highest BCUT2D eigenvalue weighted by molar-refractivity contribution is 14.1. The third kappa shape index (κ3) is 3.35. The minimum atomic E-state index is -0.362. The fraction of sp³-hybridized carbons (Fsp3) is 0.333. The highest BCUT2D eigenvalue weighted by Crippen LogP contribution is 2.37. The van der Waals surface area contributed by atoms with Crippen LogP contribution in [0.15, 0.2) is 23.4 Å². The molecule has 1 aromatic carbocycles. The van der Waals surface area contributed by atoms with Gasteiger partial charge < -0.3 is 20.5 Å². The molecule has 0 bridgehead atoms. The van der Waals surface area contributed by atoms with E-state index in [1.807, 2.05) is 42.5 Å². The van der Waals surface area contributed by atoms with Gasteiger partial charge in [0.2, 0.25) is 0 Å². The molecule has 0 aliphatic carbocycles. The number of ketones is 1. The minimum Gasteiger partial charge on any atom is -0.504 e. The predicted octanol–water partition coefficient (Wildman–Crippen LogP) is 2.78. The smallest absolute Gasteiger partial charge is 0.171 e. The van der Waals surface area contributed by atoms with Crippen LogP contribution in [0.25, 0.3) is 0 Å². The summed E-state index contributed by atoms with van der Waals surface area (Å²) in [6.07, 6.45) is 0. The Labute approximate surface area is 148 Å². The number of phenols is 1. The number of nitrogens with one attached hydrogen (secondary N) is 2. The molecule has 1 aromatic rings. The monoisotopic (exact) mass is 432 g/mol. The van der Waals surface area contributed by atoms with Crippen LogP contribution in [0.3, 0.4) is 0 Å². The van der Waals surface area contributed by atoms with Gasteiger partial charge in [-0.1, -0.05) is 0 Å². The number of phenolic OH excluding ortho intramolecular Hbond substituents is 1. The molecule has 0 aromatic heterocycles. The van der Waals surface area contributed by atoms with Crippen molar-refractivity contribution in [3.63, 3.8) is 0 Å². The van der Waals surface area contributed by atoms with Gasteiger partial charge in [-0.05, 0) is 73.3 Å². The van der Waals surface area contributed by atoms with Crippen LogP contribution in [-0.2, 0) is 4.79 Å². The average Bonchev–Trinajstić information content (AvgIpc) is 2.42. The molecule has 118 valence electrons. The quantitative estimate of drug-likeness (QED) is 0.502. The fourth-order valence-corrected chi connectivity index (χ4v) is 3.33. The molecule has 0 fully saturated rings. The van der Waals surface area contributed by atoms with Crippen LogP contribution < -0.4 is 15.4 Å². The lowest BCUT2D eigenvalue weighted by molar-refractivity contribution is -0.114. The Balaban J connectivity index is 2.56.